The predicted molar refractivity (Wildman–Crippen MR) is 108 cm³/mol. The van der Waals surface area contributed by atoms with Crippen LogP contribution in [0.3, 0.4) is 0 Å². The quantitative estimate of drug-likeness (QED) is 0.495. The van der Waals surface area contributed by atoms with Crippen LogP contribution < -0.4 is 4.74 Å². The molecule has 0 spiro atoms. The van der Waals surface area contributed by atoms with Gasteiger partial charge in [-0.25, -0.2) is 28.4 Å². The van der Waals surface area contributed by atoms with E-state index < -0.39 is 13.6 Å². The van der Waals surface area contributed by atoms with Crippen molar-refractivity contribution in [3.63, 3.8) is 0 Å². The number of alkyl halides is 3. The molecule has 3 aromatic heterocycles. The van der Waals surface area contributed by atoms with Crippen LogP contribution in [-0.4, -0.2) is 54.7 Å². The average Bonchev–Trinajstić information content (AvgIpc) is 2.72. The van der Waals surface area contributed by atoms with Crippen molar-refractivity contribution >= 4 is 44.6 Å². The van der Waals surface area contributed by atoms with Crippen LogP contribution in [0.25, 0.3) is 23.0 Å². The fourth-order valence-corrected chi connectivity index (χ4v) is 3.27. The highest BCUT2D eigenvalue weighted by atomic mass is 35.6. The van der Waals surface area contributed by atoms with Crippen molar-refractivity contribution in [2.45, 2.75) is 15.6 Å². The van der Waals surface area contributed by atoms with Crippen molar-refractivity contribution in [1.29, 1.82) is 0 Å². The van der Waals surface area contributed by atoms with Gasteiger partial charge in [0, 0.05) is 18.5 Å². The first kappa shape index (κ1) is 21.6. The van der Waals surface area contributed by atoms with Crippen LogP contribution in [0.15, 0.2) is 41.7 Å². The number of hydrogen-bond donors (Lipinski definition) is 0. The van der Waals surface area contributed by atoms with Crippen LogP contribution in [0.1, 0.15) is 6.92 Å². The number of sulfone groups is 1. The van der Waals surface area contributed by atoms with Gasteiger partial charge in [0.05, 0.1) is 11.9 Å². The molecule has 0 aliphatic heterocycles. The third-order valence-corrected chi connectivity index (χ3v) is 5.56. The Balaban J connectivity index is 2.03. The summed E-state index contributed by atoms with van der Waals surface area (Å²) in [5, 5.41) is 7.87. The van der Waals surface area contributed by atoms with Gasteiger partial charge in [0.1, 0.15) is 22.9 Å². The molecule has 0 radical (unpaired) electrons. The number of hydrogen-bond acceptors (Lipinski definition) is 9. The van der Waals surface area contributed by atoms with E-state index in [0.717, 1.165) is 0 Å². The summed E-state index contributed by atoms with van der Waals surface area (Å²) < 4.78 is 28.6. The lowest BCUT2D eigenvalue weighted by Crippen LogP contribution is -2.16. The zero-order valence-electron chi connectivity index (χ0n) is 14.8. The maximum atomic E-state index is 12.5. The molecule has 0 atom stereocenters. The van der Waals surface area contributed by atoms with E-state index in [1.165, 1.54) is 37.6 Å². The molecule has 3 aromatic rings. The number of nitrogens with zero attached hydrogens (tertiary/aromatic N) is 6. The van der Waals surface area contributed by atoms with Crippen molar-refractivity contribution in [2.24, 2.45) is 0 Å². The van der Waals surface area contributed by atoms with E-state index in [1.54, 1.807) is 6.07 Å². The van der Waals surface area contributed by atoms with Gasteiger partial charge in [-0.2, -0.15) is 0 Å². The highest BCUT2D eigenvalue weighted by Crippen LogP contribution is 2.28. The summed E-state index contributed by atoms with van der Waals surface area (Å²) in [6, 6.07) is 4.59. The zero-order chi connectivity index (χ0) is 21.1. The Morgan fingerprint density at radius 2 is 1.76 bits per heavy atom. The Labute approximate surface area is 181 Å². The lowest BCUT2D eigenvalue weighted by Gasteiger charge is -2.12. The Kier molecular flexibility index (Phi) is 6.47. The van der Waals surface area contributed by atoms with Gasteiger partial charge >= 0.3 is 0 Å². The molecule has 152 valence electrons. The fourth-order valence-electron chi connectivity index (χ4n) is 2.14. The first-order valence-electron chi connectivity index (χ1n) is 8.10. The second-order valence-electron chi connectivity index (χ2n) is 5.54. The summed E-state index contributed by atoms with van der Waals surface area (Å²) in [6.45, 7) is 1.29. The van der Waals surface area contributed by atoms with E-state index in [4.69, 9.17) is 39.5 Å². The molecule has 0 aliphatic carbocycles. The molecule has 0 N–H and O–H groups in total. The number of rotatable bonds is 6. The van der Waals surface area contributed by atoms with Crippen molar-refractivity contribution in [3.05, 3.63) is 36.8 Å². The van der Waals surface area contributed by atoms with Crippen LogP contribution in [0, 0.1) is 0 Å². The minimum atomic E-state index is -3.63. The molecular formula is C16H13Cl3N6O3S. The molecule has 9 nitrogen and oxygen atoms in total. The third-order valence-electron chi connectivity index (χ3n) is 3.50. The molecule has 0 amide bonds. The van der Waals surface area contributed by atoms with Gasteiger partial charge in [0.15, 0.2) is 21.5 Å². The minimum Gasteiger partial charge on any atom is -0.472 e. The summed E-state index contributed by atoms with van der Waals surface area (Å²) in [4.78, 5) is 16.5. The van der Waals surface area contributed by atoms with Crippen molar-refractivity contribution in [3.8, 4) is 28.9 Å². The number of halogens is 3. The summed E-state index contributed by atoms with van der Waals surface area (Å²) >= 11 is 16.9. The van der Waals surface area contributed by atoms with Crippen LogP contribution in [0.4, 0.5) is 0 Å². The molecular weight excluding hydrogens is 463 g/mol. The second kappa shape index (κ2) is 8.70. The zero-order valence-corrected chi connectivity index (χ0v) is 17.9. The Bertz CT molecular complexity index is 1090. The first-order valence-corrected chi connectivity index (χ1v) is 10.9. The molecule has 0 saturated carbocycles. The van der Waals surface area contributed by atoms with Crippen LogP contribution >= 0.6 is 34.8 Å². The minimum absolute atomic E-state index is 0.0738. The molecule has 29 heavy (non-hydrogen) atoms. The first-order chi connectivity index (χ1) is 13.7. The molecule has 0 saturated heterocycles. The standard InChI is InChI=1S/C16H13Cl3N6O3S/c1-2-29(26,27)11-8-22-15(14-20-6-3-7-21-14)23-13(11)10-4-5-12(25-24-10)28-9-16(17,18)19/h3-8H,2,9H2,1H3. The molecule has 0 fully saturated rings. The van der Waals surface area contributed by atoms with E-state index in [0.29, 0.717) is 0 Å². The highest BCUT2D eigenvalue weighted by molar-refractivity contribution is 7.91. The van der Waals surface area contributed by atoms with Crippen molar-refractivity contribution in [1.82, 2.24) is 30.1 Å². The molecule has 0 aromatic carbocycles. The van der Waals surface area contributed by atoms with Gasteiger partial charge in [-0.15, -0.1) is 10.2 Å². The van der Waals surface area contributed by atoms with Crippen LogP contribution in [0.5, 0.6) is 5.88 Å². The molecule has 13 heteroatoms. The van der Waals surface area contributed by atoms with Gasteiger partial charge in [0.25, 0.3) is 0 Å². The topological polar surface area (TPSA) is 121 Å². The van der Waals surface area contributed by atoms with Gasteiger partial charge < -0.3 is 4.74 Å². The summed E-state index contributed by atoms with van der Waals surface area (Å²) in [5.41, 5.74) is 0.266. The van der Waals surface area contributed by atoms with E-state index in [1.807, 2.05) is 0 Å². The summed E-state index contributed by atoms with van der Waals surface area (Å²) in [5.74, 6) is 0.349. The smallest absolute Gasteiger partial charge is 0.233 e. The fraction of sp³-hybridized carbons (Fsp3) is 0.250. The van der Waals surface area contributed by atoms with E-state index in [-0.39, 0.29) is 46.2 Å². The normalized spacial score (nSPS) is 12.0. The van der Waals surface area contributed by atoms with Gasteiger partial charge in [-0.1, -0.05) is 41.7 Å². The molecule has 0 bridgehead atoms. The molecule has 0 aliphatic rings. The van der Waals surface area contributed by atoms with Gasteiger partial charge in [0.2, 0.25) is 9.67 Å². The average molecular weight is 476 g/mol. The SMILES string of the molecule is CCS(=O)(=O)c1cnc(-c2ncccn2)nc1-c1ccc(OCC(Cl)(Cl)Cl)nn1. The molecule has 0 unspecified atom stereocenters. The summed E-state index contributed by atoms with van der Waals surface area (Å²) in [6.07, 6.45) is 4.26. The lowest BCUT2D eigenvalue weighted by molar-refractivity contribution is 0.309. The Morgan fingerprint density at radius 3 is 2.34 bits per heavy atom. The maximum absolute atomic E-state index is 12.5. The third kappa shape index (κ3) is 5.47. The monoisotopic (exact) mass is 474 g/mol. The number of aromatic nitrogens is 6. The maximum Gasteiger partial charge on any atom is 0.233 e. The van der Waals surface area contributed by atoms with E-state index in [2.05, 4.69) is 30.1 Å². The second-order valence-corrected chi connectivity index (χ2v) is 10.3. The molecule has 3 heterocycles. The van der Waals surface area contributed by atoms with Crippen LogP contribution in [0.2, 0.25) is 0 Å². The van der Waals surface area contributed by atoms with E-state index >= 15 is 0 Å². The number of ether oxygens (including phenoxy) is 1. The summed E-state index contributed by atoms with van der Waals surface area (Å²) in [7, 11) is -3.63. The Morgan fingerprint density at radius 1 is 1.03 bits per heavy atom. The molecule has 3 rings (SSSR count). The van der Waals surface area contributed by atoms with E-state index in [9.17, 15) is 8.42 Å². The Hall–Kier alpha value is -2.14. The highest BCUT2D eigenvalue weighted by Gasteiger charge is 2.24. The van der Waals surface area contributed by atoms with Crippen LogP contribution in [-0.2, 0) is 9.84 Å². The van der Waals surface area contributed by atoms with Crippen molar-refractivity contribution in [2.75, 3.05) is 12.4 Å². The largest absolute Gasteiger partial charge is 0.472 e. The predicted octanol–water partition coefficient (Wildman–Crippen LogP) is 2.93. The van der Waals surface area contributed by atoms with Gasteiger partial charge in [-0.3, -0.25) is 0 Å². The lowest BCUT2D eigenvalue weighted by atomic mass is 10.2. The van der Waals surface area contributed by atoms with Crippen molar-refractivity contribution < 1.29 is 13.2 Å². The van der Waals surface area contributed by atoms with Gasteiger partial charge in [-0.05, 0) is 12.1 Å².